The summed E-state index contributed by atoms with van der Waals surface area (Å²) in [5.41, 5.74) is 5.39. The molecule has 1 rings (SSSR count). The van der Waals surface area contributed by atoms with Crippen molar-refractivity contribution in [2.75, 3.05) is 7.05 Å². The van der Waals surface area contributed by atoms with Crippen molar-refractivity contribution in [3.8, 4) is 0 Å². The van der Waals surface area contributed by atoms with E-state index in [-0.39, 0.29) is 23.7 Å². The number of amidine groups is 1. The number of amides is 1. The minimum absolute atomic E-state index is 0.0267. The number of hydrogen-bond donors (Lipinski definition) is 2. The Kier molecular flexibility index (Phi) is 3.55. The molecule has 86 valence electrons. The third-order valence-electron chi connectivity index (χ3n) is 3.07. The van der Waals surface area contributed by atoms with Crippen molar-refractivity contribution < 1.29 is 10.0 Å². The quantitative estimate of drug-likeness (QED) is 0.311. The van der Waals surface area contributed by atoms with E-state index in [1.807, 2.05) is 6.92 Å². The molecule has 0 aromatic heterocycles. The van der Waals surface area contributed by atoms with Crippen molar-refractivity contribution in [2.24, 2.45) is 22.7 Å². The molecule has 0 bridgehead atoms. The maximum Gasteiger partial charge on any atom is 0.225 e. The Bertz CT molecular complexity index is 278. The van der Waals surface area contributed by atoms with Gasteiger partial charge in [-0.3, -0.25) is 4.79 Å². The maximum atomic E-state index is 11.8. The fourth-order valence-corrected chi connectivity index (χ4v) is 1.63. The van der Waals surface area contributed by atoms with E-state index in [1.54, 1.807) is 11.9 Å². The SMILES string of the molecule is CC1CC1C(=O)N(C)C(C)CC(N)=NO. The van der Waals surface area contributed by atoms with Crippen molar-refractivity contribution in [2.45, 2.75) is 32.7 Å². The third kappa shape index (κ3) is 2.84. The Morgan fingerprint density at radius 1 is 1.73 bits per heavy atom. The van der Waals surface area contributed by atoms with Crippen molar-refractivity contribution in [3.05, 3.63) is 0 Å². The highest BCUT2D eigenvalue weighted by Crippen LogP contribution is 2.39. The summed E-state index contributed by atoms with van der Waals surface area (Å²) >= 11 is 0. The van der Waals surface area contributed by atoms with Crippen LogP contribution in [0.25, 0.3) is 0 Å². The fraction of sp³-hybridized carbons (Fsp3) is 0.800. The zero-order valence-corrected chi connectivity index (χ0v) is 9.47. The molecule has 1 fully saturated rings. The van der Waals surface area contributed by atoms with E-state index < -0.39 is 0 Å². The molecular formula is C10H19N3O2. The zero-order valence-electron chi connectivity index (χ0n) is 9.47. The first-order valence-electron chi connectivity index (χ1n) is 5.20. The average molecular weight is 213 g/mol. The van der Waals surface area contributed by atoms with Crippen molar-refractivity contribution >= 4 is 11.7 Å². The normalized spacial score (nSPS) is 27.3. The highest BCUT2D eigenvalue weighted by molar-refractivity contribution is 5.84. The largest absolute Gasteiger partial charge is 0.409 e. The van der Waals surface area contributed by atoms with Gasteiger partial charge >= 0.3 is 0 Å². The predicted molar refractivity (Wildman–Crippen MR) is 57.5 cm³/mol. The summed E-state index contributed by atoms with van der Waals surface area (Å²) in [6.45, 7) is 3.97. The number of oxime groups is 1. The molecule has 5 nitrogen and oxygen atoms in total. The fourth-order valence-electron chi connectivity index (χ4n) is 1.63. The van der Waals surface area contributed by atoms with Gasteiger partial charge in [-0.2, -0.15) is 0 Å². The van der Waals surface area contributed by atoms with Gasteiger partial charge in [0, 0.05) is 25.4 Å². The molecule has 0 aromatic rings. The second-order valence-electron chi connectivity index (χ2n) is 4.41. The highest BCUT2D eigenvalue weighted by Gasteiger charge is 2.41. The second-order valence-corrected chi connectivity index (χ2v) is 4.41. The summed E-state index contributed by atoms with van der Waals surface area (Å²) in [6.07, 6.45) is 1.39. The summed E-state index contributed by atoms with van der Waals surface area (Å²) in [6, 6.07) is -0.0267. The molecule has 5 heteroatoms. The van der Waals surface area contributed by atoms with Crippen molar-refractivity contribution in [3.63, 3.8) is 0 Å². The standard InChI is InChI=1S/C10H19N3O2/c1-6-4-8(6)10(14)13(3)7(2)5-9(11)12-15/h6-8,15H,4-5H2,1-3H3,(H2,11,12). The Labute approximate surface area is 89.9 Å². The van der Waals surface area contributed by atoms with Crippen LogP contribution >= 0.6 is 0 Å². The molecule has 1 saturated carbocycles. The number of carbonyl (C=O) groups excluding carboxylic acids is 1. The van der Waals surface area contributed by atoms with E-state index in [2.05, 4.69) is 12.1 Å². The van der Waals surface area contributed by atoms with Crippen LogP contribution in [-0.2, 0) is 4.79 Å². The molecule has 0 aliphatic heterocycles. The van der Waals surface area contributed by atoms with Crippen LogP contribution < -0.4 is 5.73 Å². The van der Waals surface area contributed by atoms with E-state index in [9.17, 15) is 4.79 Å². The van der Waals surface area contributed by atoms with Crippen LogP contribution in [0.1, 0.15) is 26.7 Å². The lowest BCUT2D eigenvalue weighted by atomic mass is 10.2. The smallest absolute Gasteiger partial charge is 0.225 e. The Morgan fingerprint density at radius 3 is 2.67 bits per heavy atom. The lowest BCUT2D eigenvalue weighted by Gasteiger charge is -2.24. The molecule has 0 saturated heterocycles. The molecule has 3 unspecified atom stereocenters. The van der Waals surface area contributed by atoms with Gasteiger partial charge in [-0.15, -0.1) is 0 Å². The monoisotopic (exact) mass is 213 g/mol. The van der Waals surface area contributed by atoms with E-state index in [0.717, 1.165) is 6.42 Å². The molecule has 1 aliphatic rings. The van der Waals surface area contributed by atoms with Crippen LogP contribution in [0.4, 0.5) is 0 Å². The van der Waals surface area contributed by atoms with E-state index in [0.29, 0.717) is 12.3 Å². The first kappa shape index (κ1) is 11.8. The zero-order chi connectivity index (χ0) is 11.6. The van der Waals surface area contributed by atoms with Crippen LogP contribution in [-0.4, -0.2) is 34.9 Å². The summed E-state index contributed by atoms with van der Waals surface area (Å²) in [5.74, 6) is 1.02. The van der Waals surface area contributed by atoms with Gasteiger partial charge < -0.3 is 15.8 Å². The van der Waals surface area contributed by atoms with Gasteiger partial charge in [-0.05, 0) is 19.3 Å². The molecule has 1 amide bonds. The van der Waals surface area contributed by atoms with Gasteiger partial charge in [0.25, 0.3) is 0 Å². The number of rotatable bonds is 4. The van der Waals surface area contributed by atoms with Gasteiger partial charge in [0.15, 0.2) is 0 Å². The van der Waals surface area contributed by atoms with E-state index >= 15 is 0 Å². The van der Waals surface area contributed by atoms with Gasteiger partial charge in [0.2, 0.25) is 5.91 Å². The maximum absolute atomic E-state index is 11.8. The molecule has 0 spiro atoms. The lowest BCUT2D eigenvalue weighted by molar-refractivity contribution is -0.133. The van der Waals surface area contributed by atoms with Gasteiger partial charge in [-0.25, -0.2) is 0 Å². The summed E-state index contributed by atoms with van der Waals surface area (Å²) in [7, 11) is 1.77. The van der Waals surface area contributed by atoms with Crippen molar-refractivity contribution in [1.29, 1.82) is 0 Å². The third-order valence-corrected chi connectivity index (χ3v) is 3.07. The van der Waals surface area contributed by atoms with Crippen LogP contribution in [0.15, 0.2) is 5.16 Å². The van der Waals surface area contributed by atoms with E-state index in [1.165, 1.54) is 0 Å². The molecule has 15 heavy (non-hydrogen) atoms. The number of nitrogens with two attached hydrogens (primary N) is 1. The van der Waals surface area contributed by atoms with Crippen LogP contribution in [0.5, 0.6) is 0 Å². The summed E-state index contributed by atoms with van der Waals surface area (Å²) in [4.78, 5) is 13.5. The van der Waals surface area contributed by atoms with Crippen LogP contribution in [0.2, 0.25) is 0 Å². The molecule has 0 radical (unpaired) electrons. The number of nitrogens with zero attached hydrogens (tertiary/aromatic N) is 2. The number of hydrogen-bond acceptors (Lipinski definition) is 3. The Morgan fingerprint density at radius 2 is 2.27 bits per heavy atom. The Balaban J connectivity index is 2.45. The minimum atomic E-state index is -0.0267. The lowest BCUT2D eigenvalue weighted by Crippen LogP contribution is -2.38. The van der Waals surface area contributed by atoms with Crippen LogP contribution in [0, 0.1) is 11.8 Å². The van der Waals surface area contributed by atoms with Crippen LogP contribution in [0.3, 0.4) is 0 Å². The Hall–Kier alpha value is -1.26. The first-order chi connectivity index (χ1) is 6.97. The average Bonchev–Trinajstić information content (AvgIpc) is 2.92. The minimum Gasteiger partial charge on any atom is -0.409 e. The van der Waals surface area contributed by atoms with Crippen molar-refractivity contribution in [1.82, 2.24) is 4.90 Å². The molecule has 1 aliphatic carbocycles. The van der Waals surface area contributed by atoms with Gasteiger partial charge in [0.1, 0.15) is 5.84 Å². The molecule has 3 N–H and O–H groups in total. The van der Waals surface area contributed by atoms with Gasteiger partial charge in [-0.1, -0.05) is 12.1 Å². The topological polar surface area (TPSA) is 78.9 Å². The molecular weight excluding hydrogens is 194 g/mol. The summed E-state index contributed by atoms with van der Waals surface area (Å²) < 4.78 is 0. The predicted octanol–water partition coefficient (Wildman–Crippen LogP) is 0.626. The second kappa shape index (κ2) is 4.51. The highest BCUT2D eigenvalue weighted by atomic mass is 16.4. The molecule has 0 aromatic carbocycles. The molecule has 3 atom stereocenters. The number of carbonyl (C=O) groups is 1. The summed E-state index contributed by atoms with van der Waals surface area (Å²) in [5, 5.41) is 11.3. The molecule has 0 heterocycles. The van der Waals surface area contributed by atoms with Gasteiger partial charge in [0.05, 0.1) is 0 Å². The van der Waals surface area contributed by atoms with E-state index in [4.69, 9.17) is 10.9 Å². The first-order valence-corrected chi connectivity index (χ1v) is 5.20.